The molecule has 0 N–H and O–H groups in total. The highest BCUT2D eigenvalue weighted by Gasteiger charge is 2.00. The van der Waals surface area contributed by atoms with Crippen LogP contribution in [0.25, 0.3) is 0 Å². The zero-order chi connectivity index (χ0) is 10.4. The number of Topliss-reactive ketones (excluding diaryl/α,β-unsaturated/α-hetero) is 1. The Bertz CT molecular complexity index is 299. The van der Waals surface area contributed by atoms with Gasteiger partial charge in [0.25, 0.3) is 0 Å². The number of ketones is 1. The molecule has 3 nitrogen and oxygen atoms in total. The molecule has 1 aromatic heterocycles. The molecule has 0 aliphatic carbocycles. The van der Waals surface area contributed by atoms with Crippen molar-refractivity contribution >= 4 is 28.9 Å². The largest absolute Gasteiger partial charge is 0.300 e. The lowest BCUT2D eigenvalue weighted by Gasteiger charge is -1.95. The van der Waals surface area contributed by atoms with Crippen LogP contribution in [0.4, 0.5) is 0 Å². The highest BCUT2D eigenvalue weighted by atomic mass is 32.2. The monoisotopic (exact) mass is 230 g/mol. The summed E-state index contributed by atoms with van der Waals surface area (Å²) in [6.45, 7) is 3.60. The van der Waals surface area contributed by atoms with Crippen molar-refractivity contribution < 1.29 is 4.79 Å². The number of thioether (sulfide) groups is 1. The number of rotatable bonds is 6. The van der Waals surface area contributed by atoms with E-state index in [1.54, 1.807) is 30.0 Å². The fourth-order valence-electron chi connectivity index (χ4n) is 0.972. The van der Waals surface area contributed by atoms with Crippen molar-refractivity contribution in [3.05, 3.63) is 5.01 Å². The average molecular weight is 230 g/mol. The average Bonchev–Trinajstić information content (AvgIpc) is 2.50. The second kappa shape index (κ2) is 6.14. The van der Waals surface area contributed by atoms with E-state index in [1.165, 1.54) is 0 Å². The van der Waals surface area contributed by atoms with Gasteiger partial charge in [-0.2, -0.15) is 0 Å². The zero-order valence-electron chi connectivity index (χ0n) is 8.45. The molecule has 1 aromatic rings. The minimum atomic E-state index is 0.279. The molecular formula is C9H14N2OS2. The highest BCUT2D eigenvalue weighted by Crippen LogP contribution is 2.22. The summed E-state index contributed by atoms with van der Waals surface area (Å²) in [5, 5.41) is 8.96. The topological polar surface area (TPSA) is 42.9 Å². The smallest absolute Gasteiger partial charge is 0.174 e. The maximum Gasteiger partial charge on any atom is 0.174 e. The summed E-state index contributed by atoms with van der Waals surface area (Å²) in [6.07, 6.45) is 2.76. The van der Waals surface area contributed by atoms with Crippen LogP contribution in [0, 0.1) is 6.92 Å². The van der Waals surface area contributed by atoms with E-state index in [2.05, 4.69) is 10.2 Å². The van der Waals surface area contributed by atoms with E-state index in [9.17, 15) is 4.79 Å². The van der Waals surface area contributed by atoms with Gasteiger partial charge in [0.05, 0.1) is 0 Å². The predicted octanol–water partition coefficient (Wildman–Crippen LogP) is 2.70. The van der Waals surface area contributed by atoms with Gasteiger partial charge in [0, 0.05) is 12.2 Å². The third-order valence-corrected chi connectivity index (χ3v) is 3.71. The molecule has 0 aromatic carbocycles. The first-order valence-electron chi connectivity index (χ1n) is 4.61. The van der Waals surface area contributed by atoms with Crippen LogP contribution in [0.3, 0.4) is 0 Å². The fraction of sp³-hybridized carbons (Fsp3) is 0.667. The Kier molecular flexibility index (Phi) is 5.11. The quantitative estimate of drug-likeness (QED) is 0.556. The van der Waals surface area contributed by atoms with Gasteiger partial charge in [0.2, 0.25) is 0 Å². The molecule has 0 saturated heterocycles. The van der Waals surface area contributed by atoms with Gasteiger partial charge in [-0.3, -0.25) is 0 Å². The first kappa shape index (κ1) is 11.7. The number of aromatic nitrogens is 2. The number of hydrogen-bond acceptors (Lipinski definition) is 5. The van der Waals surface area contributed by atoms with E-state index in [-0.39, 0.29) is 5.78 Å². The molecule has 5 heteroatoms. The second-order valence-electron chi connectivity index (χ2n) is 3.09. The van der Waals surface area contributed by atoms with Crippen molar-refractivity contribution in [2.24, 2.45) is 0 Å². The lowest BCUT2D eigenvalue weighted by atomic mass is 10.2. The van der Waals surface area contributed by atoms with Crippen molar-refractivity contribution in [1.82, 2.24) is 10.2 Å². The zero-order valence-corrected chi connectivity index (χ0v) is 10.1. The van der Waals surface area contributed by atoms with E-state index >= 15 is 0 Å². The Hall–Kier alpha value is -0.420. The molecule has 0 atom stereocenters. The minimum Gasteiger partial charge on any atom is -0.300 e. The van der Waals surface area contributed by atoms with Gasteiger partial charge in [-0.1, -0.05) is 23.1 Å². The Morgan fingerprint density at radius 3 is 2.79 bits per heavy atom. The Morgan fingerprint density at radius 1 is 1.43 bits per heavy atom. The summed E-state index contributed by atoms with van der Waals surface area (Å²) in [6, 6.07) is 0. The minimum absolute atomic E-state index is 0.279. The first-order valence-corrected chi connectivity index (χ1v) is 6.41. The Balaban J connectivity index is 2.07. The van der Waals surface area contributed by atoms with Gasteiger partial charge in [0.15, 0.2) is 4.34 Å². The molecule has 0 fully saturated rings. The normalized spacial score (nSPS) is 10.4. The van der Waals surface area contributed by atoms with Crippen molar-refractivity contribution in [3.63, 3.8) is 0 Å². The lowest BCUT2D eigenvalue weighted by Crippen LogP contribution is -1.90. The van der Waals surface area contributed by atoms with E-state index in [1.807, 2.05) is 6.92 Å². The summed E-state index contributed by atoms with van der Waals surface area (Å²) in [5.74, 6) is 1.31. The summed E-state index contributed by atoms with van der Waals surface area (Å²) in [4.78, 5) is 10.7. The van der Waals surface area contributed by atoms with Gasteiger partial charge in [-0.15, -0.1) is 10.2 Å². The predicted molar refractivity (Wildman–Crippen MR) is 59.9 cm³/mol. The number of carbonyl (C=O) groups is 1. The van der Waals surface area contributed by atoms with Crippen LogP contribution in [0.1, 0.15) is 31.2 Å². The number of nitrogens with zero attached hydrogens (tertiary/aromatic N) is 2. The lowest BCUT2D eigenvalue weighted by molar-refractivity contribution is -0.117. The molecule has 1 heterocycles. The molecule has 1 rings (SSSR count). The van der Waals surface area contributed by atoms with Gasteiger partial charge in [-0.05, 0) is 26.7 Å². The summed E-state index contributed by atoms with van der Waals surface area (Å²) in [5.41, 5.74) is 0. The molecule has 0 bridgehead atoms. The fourth-order valence-corrected chi connectivity index (χ4v) is 2.86. The maximum absolute atomic E-state index is 10.7. The molecule has 0 aliphatic rings. The molecular weight excluding hydrogens is 216 g/mol. The third kappa shape index (κ3) is 4.72. The summed E-state index contributed by atoms with van der Waals surface area (Å²) < 4.78 is 1.03. The number of carbonyl (C=O) groups excluding carboxylic acids is 1. The van der Waals surface area contributed by atoms with Gasteiger partial charge >= 0.3 is 0 Å². The van der Waals surface area contributed by atoms with Crippen molar-refractivity contribution in [1.29, 1.82) is 0 Å². The third-order valence-electron chi connectivity index (χ3n) is 1.66. The van der Waals surface area contributed by atoms with Crippen molar-refractivity contribution in [3.8, 4) is 0 Å². The second-order valence-corrected chi connectivity index (χ2v) is 5.62. The van der Waals surface area contributed by atoms with Gasteiger partial charge < -0.3 is 4.79 Å². The van der Waals surface area contributed by atoms with Crippen LogP contribution in [0.15, 0.2) is 4.34 Å². The van der Waals surface area contributed by atoms with Gasteiger partial charge in [0.1, 0.15) is 10.8 Å². The standard InChI is InChI=1S/C9H14N2OS2/c1-7(12)5-3-4-6-13-9-11-10-8(2)14-9/h3-6H2,1-2H3. The molecule has 0 amide bonds. The van der Waals surface area contributed by atoms with E-state index < -0.39 is 0 Å². The first-order chi connectivity index (χ1) is 6.68. The van der Waals surface area contributed by atoms with Crippen LogP contribution >= 0.6 is 23.1 Å². The van der Waals surface area contributed by atoms with Crippen molar-refractivity contribution in [2.45, 2.75) is 37.4 Å². The summed E-state index contributed by atoms with van der Waals surface area (Å²) >= 11 is 3.35. The van der Waals surface area contributed by atoms with Crippen LogP contribution < -0.4 is 0 Å². The summed E-state index contributed by atoms with van der Waals surface area (Å²) in [7, 11) is 0. The van der Waals surface area contributed by atoms with Crippen LogP contribution in [0.2, 0.25) is 0 Å². The number of hydrogen-bond donors (Lipinski definition) is 0. The van der Waals surface area contributed by atoms with Gasteiger partial charge in [-0.25, -0.2) is 0 Å². The SMILES string of the molecule is CC(=O)CCCCSc1nnc(C)s1. The molecule has 0 saturated carbocycles. The molecule has 0 spiro atoms. The molecule has 0 unspecified atom stereocenters. The van der Waals surface area contributed by atoms with Crippen molar-refractivity contribution in [2.75, 3.05) is 5.75 Å². The number of aryl methyl sites for hydroxylation is 1. The van der Waals surface area contributed by atoms with E-state index in [0.29, 0.717) is 6.42 Å². The van der Waals surface area contributed by atoms with E-state index in [4.69, 9.17) is 0 Å². The molecule has 78 valence electrons. The molecule has 0 radical (unpaired) electrons. The van der Waals surface area contributed by atoms with Crippen LogP contribution in [0.5, 0.6) is 0 Å². The van der Waals surface area contributed by atoms with Crippen LogP contribution in [-0.2, 0) is 4.79 Å². The van der Waals surface area contributed by atoms with E-state index in [0.717, 1.165) is 27.9 Å². The number of unbranched alkanes of at least 4 members (excludes halogenated alkanes) is 1. The Morgan fingerprint density at radius 2 is 2.21 bits per heavy atom. The highest BCUT2D eigenvalue weighted by molar-refractivity contribution is 8.01. The molecule has 0 aliphatic heterocycles. The van der Waals surface area contributed by atoms with Crippen LogP contribution in [-0.4, -0.2) is 21.7 Å². The molecule has 14 heavy (non-hydrogen) atoms. The Labute approximate surface area is 92.3 Å². The maximum atomic E-state index is 10.7.